The highest BCUT2D eigenvalue weighted by molar-refractivity contribution is 5.46. The lowest BCUT2D eigenvalue weighted by Gasteiger charge is -2.16. The Morgan fingerprint density at radius 1 is 1.28 bits per heavy atom. The van der Waals surface area contributed by atoms with Gasteiger partial charge >= 0.3 is 0 Å². The molecule has 1 atom stereocenters. The van der Waals surface area contributed by atoms with Crippen molar-refractivity contribution in [1.82, 2.24) is 9.97 Å². The minimum Gasteiger partial charge on any atom is -0.384 e. The summed E-state index contributed by atoms with van der Waals surface area (Å²) in [6.45, 7) is 10.0. The summed E-state index contributed by atoms with van der Waals surface area (Å²) in [6.07, 6.45) is 2.05. The summed E-state index contributed by atoms with van der Waals surface area (Å²) >= 11 is 0. The summed E-state index contributed by atoms with van der Waals surface area (Å²) in [5.41, 5.74) is 2.29. The highest BCUT2D eigenvalue weighted by Crippen LogP contribution is 2.20. The summed E-state index contributed by atoms with van der Waals surface area (Å²) in [4.78, 5) is 9.26. The fourth-order valence-electron chi connectivity index (χ4n) is 1.98. The Labute approximate surface area is 110 Å². The number of aromatic nitrogens is 2. The average Bonchev–Trinajstić information content (AvgIpc) is 2.36. The molecule has 4 nitrogen and oxygen atoms in total. The van der Waals surface area contributed by atoms with Gasteiger partial charge in [-0.2, -0.15) is 0 Å². The third-order valence-corrected chi connectivity index (χ3v) is 2.98. The van der Waals surface area contributed by atoms with Crippen LogP contribution in [0.25, 0.3) is 0 Å². The number of methoxy groups -OCH3 is 1. The van der Waals surface area contributed by atoms with E-state index in [1.165, 1.54) is 5.56 Å². The first kappa shape index (κ1) is 14.9. The van der Waals surface area contributed by atoms with Gasteiger partial charge in [-0.15, -0.1) is 0 Å². The molecule has 1 unspecified atom stereocenters. The molecule has 18 heavy (non-hydrogen) atoms. The van der Waals surface area contributed by atoms with E-state index in [0.29, 0.717) is 6.61 Å². The van der Waals surface area contributed by atoms with Crippen molar-refractivity contribution in [2.75, 3.05) is 25.6 Å². The molecule has 0 spiro atoms. The van der Waals surface area contributed by atoms with Crippen LogP contribution in [0.4, 0.5) is 5.82 Å². The summed E-state index contributed by atoms with van der Waals surface area (Å²) < 4.78 is 5.18. The van der Waals surface area contributed by atoms with Crippen molar-refractivity contribution in [3.05, 3.63) is 17.1 Å². The number of anilines is 1. The first-order chi connectivity index (χ1) is 8.63. The van der Waals surface area contributed by atoms with Crippen molar-refractivity contribution in [1.29, 1.82) is 0 Å². The van der Waals surface area contributed by atoms with E-state index in [0.717, 1.165) is 36.7 Å². The molecule has 0 aliphatic carbocycles. The van der Waals surface area contributed by atoms with Gasteiger partial charge in [-0.05, 0) is 19.8 Å². The predicted octanol–water partition coefficient (Wildman–Crippen LogP) is 2.92. The molecule has 0 amide bonds. The lowest BCUT2D eigenvalue weighted by Crippen LogP contribution is -2.14. The summed E-state index contributed by atoms with van der Waals surface area (Å²) in [7, 11) is 1.71. The van der Waals surface area contributed by atoms with E-state index in [-0.39, 0.29) is 5.92 Å². The normalized spacial score (nSPS) is 12.5. The molecule has 1 aromatic heterocycles. The number of ether oxygens (including phenoxy) is 1. The predicted molar refractivity (Wildman–Crippen MR) is 75.2 cm³/mol. The first-order valence-electron chi connectivity index (χ1n) is 6.74. The van der Waals surface area contributed by atoms with Gasteiger partial charge < -0.3 is 10.1 Å². The number of nitrogens with one attached hydrogen (secondary N) is 1. The second kappa shape index (κ2) is 7.31. The molecule has 102 valence electrons. The minimum absolute atomic E-state index is 0.224. The highest BCUT2D eigenvalue weighted by Gasteiger charge is 2.14. The van der Waals surface area contributed by atoms with Crippen LogP contribution in [0.2, 0.25) is 0 Å². The third-order valence-electron chi connectivity index (χ3n) is 2.98. The molecule has 0 aliphatic rings. The maximum absolute atomic E-state index is 5.18. The Balaban J connectivity index is 3.04. The smallest absolute Gasteiger partial charge is 0.136 e. The van der Waals surface area contributed by atoms with Gasteiger partial charge in [-0.3, -0.25) is 0 Å². The number of rotatable bonds is 7. The molecule has 0 fully saturated rings. The second-order valence-corrected chi connectivity index (χ2v) is 4.63. The minimum atomic E-state index is 0.224. The molecule has 1 heterocycles. The van der Waals surface area contributed by atoms with Gasteiger partial charge in [0.1, 0.15) is 11.6 Å². The van der Waals surface area contributed by atoms with Crippen molar-refractivity contribution >= 4 is 5.82 Å². The van der Waals surface area contributed by atoms with Gasteiger partial charge in [-0.1, -0.05) is 20.8 Å². The average molecular weight is 251 g/mol. The number of hydrogen-bond donors (Lipinski definition) is 1. The topological polar surface area (TPSA) is 47.0 Å². The van der Waals surface area contributed by atoms with E-state index in [1.54, 1.807) is 7.11 Å². The van der Waals surface area contributed by atoms with Crippen LogP contribution in [0.3, 0.4) is 0 Å². The van der Waals surface area contributed by atoms with E-state index in [9.17, 15) is 0 Å². The second-order valence-electron chi connectivity index (χ2n) is 4.63. The van der Waals surface area contributed by atoms with Crippen molar-refractivity contribution in [2.24, 2.45) is 0 Å². The van der Waals surface area contributed by atoms with Crippen LogP contribution in [-0.2, 0) is 11.2 Å². The zero-order valence-corrected chi connectivity index (χ0v) is 12.2. The quantitative estimate of drug-likeness (QED) is 0.809. The molecule has 1 N–H and O–H groups in total. The Bertz CT molecular complexity index is 380. The maximum Gasteiger partial charge on any atom is 0.136 e. The summed E-state index contributed by atoms with van der Waals surface area (Å²) in [6, 6.07) is 0. The largest absolute Gasteiger partial charge is 0.384 e. The fraction of sp³-hybridized carbons (Fsp3) is 0.714. The SMILES string of the molecule is CCCNc1nc(C(C)COC)nc(C)c1CC. The van der Waals surface area contributed by atoms with Crippen molar-refractivity contribution < 1.29 is 4.74 Å². The molecular formula is C14H25N3O. The fourth-order valence-corrected chi connectivity index (χ4v) is 1.98. The Morgan fingerprint density at radius 3 is 2.56 bits per heavy atom. The van der Waals surface area contributed by atoms with Crippen molar-refractivity contribution in [3.8, 4) is 0 Å². The third kappa shape index (κ3) is 3.67. The Hall–Kier alpha value is -1.16. The van der Waals surface area contributed by atoms with Crippen molar-refractivity contribution in [3.63, 3.8) is 0 Å². The molecule has 0 saturated heterocycles. The van der Waals surface area contributed by atoms with Crippen LogP contribution in [-0.4, -0.2) is 30.2 Å². The number of aryl methyl sites for hydroxylation is 1. The standard InChI is InChI=1S/C14H25N3O/c1-6-8-15-14-12(7-2)11(4)16-13(17-14)10(3)9-18-5/h10H,6-9H2,1-5H3,(H,15,16,17). The van der Waals surface area contributed by atoms with Crippen LogP contribution in [0.15, 0.2) is 0 Å². The van der Waals surface area contributed by atoms with Crippen LogP contribution in [0.5, 0.6) is 0 Å². The molecular weight excluding hydrogens is 226 g/mol. The van der Waals surface area contributed by atoms with Crippen LogP contribution in [0, 0.1) is 6.92 Å². The van der Waals surface area contributed by atoms with E-state index in [4.69, 9.17) is 4.74 Å². The van der Waals surface area contributed by atoms with Gasteiger partial charge in [0.25, 0.3) is 0 Å². The van der Waals surface area contributed by atoms with Crippen LogP contribution < -0.4 is 5.32 Å². The molecule has 0 aliphatic heterocycles. The van der Waals surface area contributed by atoms with Gasteiger partial charge in [0.05, 0.1) is 6.61 Å². The van der Waals surface area contributed by atoms with E-state index in [1.807, 2.05) is 0 Å². The van der Waals surface area contributed by atoms with Gasteiger partial charge in [0.15, 0.2) is 0 Å². The Morgan fingerprint density at radius 2 is 2.00 bits per heavy atom. The lowest BCUT2D eigenvalue weighted by atomic mass is 10.1. The lowest BCUT2D eigenvalue weighted by molar-refractivity contribution is 0.181. The van der Waals surface area contributed by atoms with Crippen molar-refractivity contribution in [2.45, 2.75) is 46.5 Å². The molecule has 0 saturated carbocycles. The van der Waals surface area contributed by atoms with Crippen LogP contribution in [0.1, 0.15) is 50.2 Å². The van der Waals surface area contributed by atoms with E-state index >= 15 is 0 Å². The van der Waals surface area contributed by atoms with Gasteiger partial charge in [-0.25, -0.2) is 9.97 Å². The molecule has 0 bridgehead atoms. The number of hydrogen-bond acceptors (Lipinski definition) is 4. The molecule has 0 radical (unpaired) electrons. The zero-order valence-electron chi connectivity index (χ0n) is 12.2. The maximum atomic E-state index is 5.18. The summed E-state index contributed by atoms with van der Waals surface area (Å²) in [5, 5.41) is 3.40. The Kier molecular flexibility index (Phi) is 6.05. The molecule has 4 heteroatoms. The van der Waals surface area contributed by atoms with E-state index in [2.05, 4.69) is 43.0 Å². The summed E-state index contributed by atoms with van der Waals surface area (Å²) in [5.74, 6) is 2.08. The highest BCUT2D eigenvalue weighted by atomic mass is 16.5. The zero-order chi connectivity index (χ0) is 13.5. The number of nitrogens with zero attached hydrogens (tertiary/aromatic N) is 2. The molecule has 1 aromatic rings. The van der Waals surface area contributed by atoms with Gasteiger partial charge in [0, 0.05) is 30.8 Å². The van der Waals surface area contributed by atoms with Gasteiger partial charge in [0.2, 0.25) is 0 Å². The van der Waals surface area contributed by atoms with E-state index < -0.39 is 0 Å². The monoisotopic (exact) mass is 251 g/mol. The molecule has 1 rings (SSSR count). The van der Waals surface area contributed by atoms with Crippen LogP contribution >= 0.6 is 0 Å². The molecule has 0 aromatic carbocycles. The first-order valence-corrected chi connectivity index (χ1v) is 6.74.